The summed E-state index contributed by atoms with van der Waals surface area (Å²) in [6, 6.07) is 0. The predicted molar refractivity (Wildman–Crippen MR) is 52.9 cm³/mol. The van der Waals surface area contributed by atoms with Crippen molar-refractivity contribution >= 4 is 0 Å². The molecule has 0 aromatic rings. The molecule has 1 saturated heterocycles. The van der Waals surface area contributed by atoms with Gasteiger partial charge in [-0.3, -0.25) is 4.90 Å². The summed E-state index contributed by atoms with van der Waals surface area (Å²) in [6.45, 7) is 8.89. The molecule has 12 heavy (non-hydrogen) atoms. The van der Waals surface area contributed by atoms with Gasteiger partial charge in [0.05, 0.1) is 5.54 Å². The minimum Gasteiger partial charge on any atom is -0.287 e. The fourth-order valence-electron chi connectivity index (χ4n) is 1.76. The van der Waals surface area contributed by atoms with E-state index in [-0.39, 0.29) is 5.54 Å². The lowest BCUT2D eigenvalue weighted by Gasteiger charge is -2.30. The summed E-state index contributed by atoms with van der Waals surface area (Å²) < 4.78 is 0. The second-order valence-corrected chi connectivity index (χ2v) is 4.21. The molecular weight excluding hydrogens is 146 g/mol. The molecular formula is C11H19N. The molecule has 0 aromatic heterocycles. The molecule has 1 unspecified atom stereocenters. The van der Waals surface area contributed by atoms with Gasteiger partial charge in [0, 0.05) is 6.54 Å². The van der Waals surface area contributed by atoms with Crippen LogP contribution in [0.5, 0.6) is 0 Å². The van der Waals surface area contributed by atoms with E-state index in [9.17, 15) is 0 Å². The Bertz CT molecular complexity index is 188. The fraction of sp³-hybridized carbons (Fsp3) is 0.818. The van der Waals surface area contributed by atoms with Crippen molar-refractivity contribution in [2.45, 2.75) is 39.2 Å². The highest BCUT2D eigenvalue weighted by Gasteiger charge is 2.30. The summed E-state index contributed by atoms with van der Waals surface area (Å²) in [6.07, 6.45) is 8.09. The minimum atomic E-state index is -0.0378. The Morgan fingerprint density at radius 3 is 2.67 bits per heavy atom. The Hall–Kier alpha value is -0.480. The SMILES string of the molecule is C#CC(C)(C)N1CCC(CC)C1. The first-order chi connectivity index (χ1) is 5.60. The standard InChI is InChI=1S/C11H19N/c1-5-10-7-8-12(9-10)11(3,4)6-2/h2,10H,5,7-9H2,1,3-4H3. The molecule has 1 nitrogen and oxygen atoms in total. The largest absolute Gasteiger partial charge is 0.287 e. The van der Waals surface area contributed by atoms with E-state index in [0.717, 1.165) is 5.92 Å². The Labute approximate surface area is 76.1 Å². The molecule has 0 radical (unpaired) electrons. The van der Waals surface area contributed by atoms with Crippen LogP contribution in [-0.4, -0.2) is 23.5 Å². The number of terminal acetylenes is 1. The third kappa shape index (κ3) is 1.81. The molecule has 1 heteroatoms. The lowest BCUT2D eigenvalue weighted by Crippen LogP contribution is -2.40. The van der Waals surface area contributed by atoms with Crippen molar-refractivity contribution in [3.63, 3.8) is 0 Å². The second-order valence-electron chi connectivity index (χ2n) is 4.21. The number of hydrogen-bond acceptors (Lipinski definition) is 1. The number of rotatable bonds is 2. The van der Waals surface area contributed by atoms with Crippen molar-refractivity contribution < 1.29 is 0 Å². The lowest BCUT2D eigenvalue weighted by molar-refractivity contribution is 0.205. The zero-order valence-electron chi connectivity index (χ0n) is 8.43. The van der Waals surface area contributed by atoms with E-state index < -0.39 is 0 Å². The first-order valence-electron chi connectivity index (χ1n) is 4.83. The molecule has 1 heterocycles. The van der Waals surface area contributed by atoms with Crippen LogP contribution in [0.3, 0.4) is 0 Å². The van der Waals surface area contributed by atoms with E-state index in [2.05, 4.69) is 31.6 Å². The molecule has 0 aromatic carbocycles. The topological polar surface area (TPSA) is 3.24 Å². The second kappa shape index (κ2) is 3.49. The van der Waals surface area contributed by atoms with Crippen LogP contribution in [0.2, 0.25) is 0 Å². The number of nitrogens with zero attached hydrogens (tertiary/aromatic N) is 1. The van der Waals surface area contributed by atoms with Crippen LogP contribution in [0.25, 0.3) is 0 Å². The van der Waals surface area contributed by atoms with Crippen LogP contribution in [-0.2, 0) is 0 Å². The number of hydrogen-bond donors (Lipinski definition) is 0. The summed E-state index contributed by atoms with van der Waals surface area (Å²) in [5.74, 6) is 3.73. The van der Waals surface area contributed by atoms with Crippen LogP contribution < -0.4 is 0 Å². The van der Waals surface area contributed by atoms with E-state index in [1.807, 2.05) is 0 Å². The molecule has 1 rings (SSSR count). The van der Waals surface area contributed by atoms with E-state index in [1.165, 1.54) is 25.9 Å². The summed E-state index contributed by atoms with van der Waals surface area (Å²) in [5, 5.41) is 0. The highest BCUT2D eigenvalue weighted by Crippen LogP contribution is 2.25. The van der Waals surface area contributed by atoms with Gasteiger partial charge in [-0.05, 0) is 32.7 Å². The number of likely N-dealkylation sites (tertiary alicyclic amines) is 1. The zero-order valence-corrected chi connectivity index (χ0v) is 8.43. The Kier molecular flexibility index (Phi) is 2.80. The van der Waals surface area contributed by atoms with Crippen LogP contribution in [0.1, 0.15) is 33.6 Å². The third-order valence-electron chi connectivity index (χ3n) is 3.01. The van der Waals surface area contributed by atoms with Crippen molar-refractivity contribution in [1.29, 1.82) is 0 Å². The molecule has 0 saturated carbocycles. The van der Waals surface area contributed by atoms with Gasteiger partial charge in [-0.2, -0.15) is 0 Å². The van der Waals surface area contributed by atoms with Gasteiger partial charge in [0.2, 0.25) is 0 Å². The molecule has 1 fully saturated rings. The van der Waals surface area contributed by atoms with Crippen LogP contribution in [0.15, 0.2) is 0 Å². The first kappa shape index (κ1) is 9.61. The average Bonchev–Trinajstić information content (AvgIpc) is 2.52. The Morgan fingerprint density at radius 1 is 1.58 bits per heavy atom. The monoisotopic (exact) mass is 165 g/mol. The van der Waals surface area contributed by atoms with Crippen molar-refractivity contribution in [2.75, 3.05) is 13.1 Å². The normalized spacial score (nSPS) is 25.7. The molecule has 1 aliphatic rings. The van der Waals surface area contributed by atoms with Crippen molar-refractivity contribution in [3.8, 4) is 12.3 Å². The molecule has 0 spiro atoms. The third-order valence-corrected chi connectivity index (χ3v) is 3.01. The lowest BCUT2D eigenvalue weighted by atomic mass is 10.0. The highest BCUT2D eigenvalue weighted by atomic mass is 15.2. The van der Waals surface area contributed by atoms with E-state index >= 15 is 0 Å². The van der Waals surface area contributed by atoms with Gasteiger partial charge in [-0.1, -0.05) is 19.3 Å². The van der Waals surface area contributed by atoms with Crippen molar-refractivity contribution in [3.05, 3.63) is 0 Å². The van der Waals surface area contributed by atoms with Crippen LogP contribution in [0, 0.1) is 18.3 Å². The van der Waals surface area contributed by atoms with E-state index in [0.29, 0.717) is 0 Å². The predicted octanol–water partition coefficient (Wildman–Crippen LogP) is 2.13. The maximum Gasteiger partial charge on any atom is 0.0766 e. The maximum absolute atomic E-state index is 5.48. The summed E-state index contributed by atoms with van der Waals surface area (Å²) in [4.78, 5) is 2.42. The fourth-order valence-corrected chi connectivity index (χ4v) is 1.76. The molecule has 0 amide bonds. The van der Waals surface area contributed by atoms with Crippen molar-refractivity contribution in [1.82, 2.24) is 4.90 Å². The van der Waals surface area contributed by atoms with Gasteiger partial charge in [0.25, 0.3) is 0 Å². The van der Waals surface area contributed by atoms with E-state index in [4.69, 9.17) is 6.42 Å². The average molecular weight is 165 g/mol. The zero-order chi connectivity index (χ0) is 9.19. The van der Waals surface area contributed by atoms with Crippen molar-refractivity contribution in [2.24, 2.45) is 5.92 Å². The molecule has 0 N–H and O–H groups in total. The van der Waals surface area contributed by atoms with E-state index in [1.54, 1.807) is 0 Å². The highest BCUT2D eigenvalue weighted by molar-refractivity contribution is 5.09. The van der Waals surface area contributed by atoms with Crippen LogP contribution in [0.4, 0.5) is 0 Å². The molecule has 0 bridgehead atoms. The summed E-state index contributed by atoms with van der Waals surface area (Å²) >= 11 is 0. The van der Waals surface area contributed by atoms with Gasteiger partial charge in [0.1, 0.15) is 0 Å². The van der Waals surface area contributed by atoms with Crippen LogP contribution >= 0.6 is 0 Å². The maximum atomic E-state index is 5.48. The Balaban J connectivity index is 2.53. The molecule has 68 valence electrons. The Morgan fingerprint density at radius 2 is 2.25 bits per heavy atom. The summed E-state index contributed by atoms with van der Waals surface area (Å²) in [5.41, 5.74) is -0.0378. The smallest absolute Gasteiger partial charge is 0.0766 e. The molecule has 1 atom stereocenters. The molecule has 1 aliphatic heterocycles. The summed E-state index contributed by atoms with van der Waals surface area (Å²) in [7, 11) is 0. The van der Waals surface area contributed by atoms with Gasteiger partial charge >= 0.3 is 0 Å². The van der Waals surface area contributed by atoms with Gasteiger partial charge in [-0.15, -0.1) is 6.42 Å². The van der Waals surface area contributed by atoms with Gasteiger partial charge in [-0.25, -0.2) is 0 Å². The van der Waals surface area contributed by atoms with Gasteiger partial charge in [0.15, 0.2) is 0 Å². The quantitative estimate of drug-likeness (QED) is 0.567. The van der Waals surface area contributed by atoms with Gasteiger partial charge < -0.3 is 0 Å². The first-order valence-corrected chi connectivity index (χ1v) is 4.83. The molecule has 0 aliphatic carbocycles. The minimum absolute atomic E-state index is 0.0378.